The normalized spacial score (nSPS) is 16.5. The Balaban J connectivity index is 1.49. The third-order valence-corrected chi connectivity index (χ3v) is 5.93. The van der Waals surface area contributed by atoms with Crippen molar-refractivity contribution in [2.75, 3.05) is 33.4 Å². The van der Waals surface area contributed by atoms with Crippen LogP contribution in [0.25, 0.3) is 11.1 Å². The molecule has 0 amide bonds. The fourth-order valence-electron chi connectivity index (χ4n) is 4.30. The molecule has 0 aliphatic carbocycles. The van der Waals surface area contributed by atoms with Gasteiger partial charge in [-0.05, 0) is 35.6 Å². The average molecular weight is 432 g/mol. The molecular weight excluding hydrogens is 398 g/mol. The zero-order chi connectivity index (χ0) is 22.2. The number of nitrogens with zero attached hydrogens (tertiary/aromatic N) is 4. The number of aromatic nitrogens is 2. The van der Waals surface area contributed by atoms with E-state index in [1.165, 1.54) is 22.3 Å². The van der Waals surface area contributed by atoms with Crippen molar-refractivity contribution in [1.29, 1.82) is 0 Å². The van der Waals surface area contributed by atoms with E-state index >= 15 is 0 Å². The predicted molar refractivity (Wildman–Crippen MR) is 130 cm³/mol. The van der Waals surface area contributed by atoms with Crippen LogP contribution in [-0.2, 0) is 17.8 Å². The lowest BCUT2D eigenvalue weighted by molar-refractivity contribution is 0.157. The van der Waals surface area contributed by atoms with E-state index in [1.807, 2.05) is 18.7 Å². The number of guanidine groups is 1. The molecule has 1 N–H and O–H groups in total. The van der Waals surface area contributed by atoms with Crippen LogP contribution >= 0.6 is 0 Å². The van der Waals surface area contributed by atoms with Crippen LogP contribution in [0.2, 0.25) is 0 Å². The van der Waals surface area contributed by atoms with Crippen LogP contribution in [-0.4, -0.2) is 53.8 Å². The number of aliphatic imine (C=N–C) groups is 1. The Bertz CT molecular complexity index is 997. The molecule has 0 radical (unpaired) electrons. The largest absolute Gasteiger partial charge is 0.384 e. The second kappa shape index (κ2) is 11.0. The predicted octanol–water partition coefficient (Wildman–Crippen LogP) is 4.03. The number of hydrogen-bond donors (Lipinski definition) is 1. The van der Waals surface area contributed by atoms with E-state index in [4.69, 9.17) is 9.73 Å². The lowest BCUT2D eigenvalue weighted by Crippen LogP contribution is -2.40. The molecule has 1 saturated heterocycles. The summed E-state index contributed by atoms with van der Waals surface area (Å²) >= 11 is 0. The summed E-state index contributed by atoms with van der Waals surface area (Å²) in [5.41, 5.74) is 4.95. The van der Waals surface area contributed by atoms with Crippen LogP contribution in [0.4, 0.5) is 0 Å². The van der Waals surface area contributed by atoms with Crippen molar-refractivity contribution >= 4 is 5.96 Å². The zero-order valence-corrected chi connectivity index (χ0v) is 19.1. The minimum atomic E-state index is 0.581. The van der Waals surface area contributed by atoms with E-state index in [2.05, 4.69) is 75.2 Å². The second-order valence-electron chi connectivity index (χ2n) is 8.32. The van der Waals surface area contributed by atoms with Gasteiger partial charge in [0.25, 0.3) is 0 Å². The molecule has 2 heterocycles. The highest BCUT2D eigenvalue weighted by atomic mass is 16.5. The van der Waals surface area contributed by atoms with Crippen LogP contribution in [0.5, 0.6) is 0 Å². The highest BCUT2D eigenvalue weighted by Crippen LogP contribution is 2.25. The van der Waals surface area contributed by atoms with E-state index in [9.17, 15) is 0 Å². The van der Waals surface area contributed by atoms with Gasteiger partial charge in [-0.3, -0.25) is 0 Å². The summed E-state index contributed by atoms with van der Waals surface area (Å²) in [6.45, 7) is 7.32. The Morgan fingerprint density at radius 2 is 2.03 bits per heavy atom. The molecule has 0 bridgehead atoms. The second-order valence-corrected chi connectivity index (χ2v) is 8.32. The van der Waals surface area contributed by atoms with Gasteiger partial charge in [-0.15, -0.1) is 0 Å². The standard InChI is InChI=1S/C26H33N5O/c1-3-28-26(31-14-12-22(18-31)19-32-2)29-16-24-6-4-5-7-25(24)23-10-8-21(9-11-23)17-30-15-13-27-20-30/h4-11,13,15,20,22H,3,12,14,16-19H2,1-2H3,(H,28,29). The van der Waals surface area contributed by atoms with Gasteiger partial charge >= 0.3 is 0 Å². The van der Waals surface area contributed by atoms with Crippen molar-refractivity contribution in [2.45, 2.75) is 26.4 Å². The number of likely N-dealkylation sites (tertiary alicyclic amines) is 1. The van der Waals surface area contributed by atoms with Gasteiger partial charge in [0.15, 0.2) is 5.96 Å². The summed E-state index contributed by atoms with van der Waals surface area (Å²) in [6.07, 6.45) is 6.80. The molecule has 2 aromatic carbocycles. The Labute approximate surface area is 191 Å². The van der Waals surface area contributed by atoms with Crippen LogP contribution in [0.15, 0.2) is 72.2 Å². The summed E-state index contributed by atoms with van der Waals surface area (Å²) in [5, 5.41) is 3.47. The zero-order valence-electron chi connectivity index (χ0n) is 19.1. The number of methoxy groups -OCH3 is 1. The summed E-state index contributed by atoms with van der Waals surface area (Å²) < 4.78 is 7.43. The molecule has 1 unspecified atom stereocenters. The van der Waals surface area contributed by atoms with E-state index < -0.39 is 0 Å². The molecule has 0 saturated carbocycles. The van der Waals surface area contributed by atoms with E-state index in [-0.39, 0.29) is 0 Å². The molecule has 1 fully saturated rings. The van der Waals surface area contributed by atoms with Crippen molar-refractivity contribution in [1.82, 2.24) is 19.8 Å². The number of imidazole rings is 1. The molecule has 6 nitrogen and oxygen atoms in total. The van der Waals surface area contributed by atoms with Gasteiger partial charge in [0.05, 0.1) is 19.5 Å². The lowest BCUT2D eigenvalue weighted by Gasteiger charge is -2.22. The van der Waals surface area contributed by atoms with Crippen molar-refractivity contribution in [3.63, 3.8) is 0 Å². The Morgan fingerprint density at radius 3 is 2.78 bits per heavy atom. The van der Waals surface area contributed by atoms with Crippen LogP contribution in [0, 0.1) is 5.92 Å². The fraction of sp³-hybridized carbons (Fsp3) is 0.385. The number of benzene rings is 2. The SMILES string of the molecule is CCNC(=NCc1ccccc1-c1ccc(Cn2ccnc2)cc1)N1CCC(COC)C1. The maximum atomic E-state index is 5.35. The van der Waals surface area contributed by atoms with E-state index in [0.717, 1.165) is 45.2 Å². The summed E-state index contributed by atoms with van der Waals surface area (Å²) in [4.78, 5) is 11.5. The first-order valence-electron chi connectivity index (χ1n) is 11.4. The molecule has 0 spiro atoms. The minimum absolute atomic E-state index is 0.581. The molecule has 1 aliphatic heterocycles. The maximum absolute atomic E-state index is 5.35. The number of nitrogens with one attached hydrogen (secondary N) is 1. The summed E-state index contributed by atoms with van der Waals surface area (Å²) in [6, 6.07) is 17.4. The highest BCUT2D eigenvalue weighted by Gasteiger charge is 2.24. The Kier molecular flexibility index (Phi) is 7.56. The summed E-state index contributed by atoms with van der Waals surface area (Å²) in [7, 11) is 1.78. The average Bonchev–Trinajstić information content (AvgIpc) is 3.50. The third-order valence-electron chi connectivity index (χ3n) is 5.93. The van der Waals surface area contributed by atoms with Gasteiger partial charge in [0.2, 0.25) is 0 Å². The molecule has 3 aromatic rings. The first-order chi connectivity index (χ1) is 15.8. The molecular formula is C26H33N5O. The number of hydrogen-bond acceptors (Lipinski definition) is 3. The van der Waals surface area contributed by atoms with Crippen molar-refractivity contribution < 1.29 is 4.74 Å². The molecule has 32 heavy (non-hydrogen) atoms. The van der Waals surface area contributed by atoms with Crippen molar-refractivity contribution in [3.8, 4) is 11.1 Å². The first-order valence-corrected chi connectivity index (χ1v) is 11.4. The van der Waals surface area contributed by atoms with Gasteiger partial charge in [-0.2, -0.15) is 0 Å². The Morgan fingerprint density at radius 1 is 1.19 bits per heavy atom. The lowest BCUT2D eigenvalue weighted by atomic mass is 9.98. The summed E-state index contributed by atoms with van der Waals surface area (Å²) in [5.74, 6) is 1.58. The first kappa shape index (κ1) is 22.1. The third kappa shape index (κ3) is 5.56. The van der Waals surface area contributed by atoms with Crippen LogP contribution < -0.4 is 5.32 Å². The van der Waals surface area contributed by atoms with E-state index in [0.29, 0.717) is 12.5 Å². The molecule has 1 atom stereocenters. The van der Waals surface area contributed by atoms with Gasteiger partial charge < -0.3 is 19.5 Å². The highest BCUT2D eigenvalue weighted by molar-refractivity contribution is 5.80. The molecule has 1 aromatic heterocycles. The quantitative estimate of drug-likeness (QED) is 0.432. The maximum Gasteiger partial charge on any atom is 0.194 e. The molecule has 1 aliphatic rings. The number of ether oxygens (including phenoxy) is 1. The topological polar surface area (TPSA) is 54.7 Å². The monoisotopic (exact) mass is 431 g/mol. The van der Waals surface area contributed by atoms with Gasteiger partial charge in [0, 0.05) is 51.6 Å². The van der Waals surface area contributed by atoms with Gasteiger partial charge in [0.1, 0.15) is 0 Å². The van der Waals surface area contributed by atoms with Crippen molar-refractivity contribution in [3.05, 3.63) is 78.4 Å². The van der Waals surface area contributed by atoms with Gasteiger partial charge in [-0.25, -0.2) is 9.98 Å². The molecule has 6 heteroatoms. The fourth-order valence-corrected chi connectivity index (χ4v) is 4.30. The molecule has 4 rings (SSSR count). The van der Waals surface area contributed by atoms with Crippen LogP contribution in [0.1, 0.15) is 24.5 Å². The van der Waals surface area contributed by atoms with Crippen molar-refractivity contribution in [2.24, 2.45) is 10.9 Å². The Hall–Kier alpha value is -3.12. The van der Waals surface area contributed by atoms with Gasteiger partial charge in [-0.1, -0.05) is 48.5 Å². The van der Waals surface area contributed by atoms with E-state index in [1.54, 1.807) is 7.11 Å². The minimum Gasteiger partial charge on any atom is -0.384 e. The number of rotatable bonds is 8. The van der Waals surface area contributed by atoms with Crippen LogP contribution in [0.3, 0.4) is 0 Å². The smallest absolute Gasteiger partial charge is 0.194 e. The molecule has 168 valence electrons.